The molecule has 4 rings (SSSR count). The molecule has 0 atom stereocenters. The van der Waals surface area contributed by atoms with Crippen LogP contribution in [0.25, 0.3) is 10.8 Å². The lowest BCUT2D eigenvalue weighted by Gasteiger charge is -2.19. The summed E-state index contributed by atoms with van der Waals surface area (Å²) < 4.78 is 28.2. The Hall–Kier alpha value is -4.51. The number of anilines is 1. The summed E-state index contributed by atoms with van der Waals surface area (Å²) in [7, 11) is -2.39. The number of fused-ring (bicyclic) bond motifs is 1. The predicted molar refractivity (Wildman–Crippen MR) is 140 cm³/mol. The van der Waals surface area contributed by atoms with Crippen molar-refractivity contribution < 1.29 is 18.0 Å². The molecule has 2 N–H and O–H groups in total. The van der Waals surface area contributed by atoms with Gasteiger partial charge in [-0.15, -0.1) is 0 Å². The molecule has 37 heavy (non-hydrogen) atoms. The summed E-state index contributed by atoms with van der Waals surface area (Å²) >= 11 is 0. The average Bonchev–Trinajstić information content (AvgIpc) is 2.91. The van der Waals surface area contributed by atoms with Crippen LogP contribution in [0.3, 0.4) is 0 Å². The van der Waals surface area contributed by atoms with Gasteiger partial charge in [0.15, 0.2) is 5.69 Å². The first-order valence-electron chi connectivity index (χ1n) is 11.4. The largest absolute Gasteiger partial charge is 0.290 e. The molecule has 1 heterocycles. The van der Waals surface area contributed by atoms with Gasteiger partial charge in [-0.2, -0.15) is 5.10 Å². The van der Waals surface area contributed by atoms with Crippen LogP contribution in [0, 0.1) is 0 Å². The van der Waals surface area contributed by atoms with Crippen molar-refractivity contribution in [2.75, 3.05) is 11.4 Å². The second-order valence-corrected chi connectivity index (χ2v) is 10.4. The van der Waals surface area contributed by atoms with Gasteiger partial charge in [0, 0.05) is 18.0 Å². The smallest absolute Gasteiger partial charge is 0.269 e. The predicted octanol–water partition coefficient (Wildman–Crippen LogP) is 2.88. The highest BCUT2D eigenvalue weighted by Crippen LogP contribution is 2.22. The number of rotatable bonds is 6. The van der Waals surface area contributed by atoms with E-state index in [1.165, 1.54) is 36.0 Å². The summed E-state index contributed by atoms with van der Waals surface area (Å²) in [4.78, 5) is 38.2. The zero-order valence-corrected chi connectivity index (χ0v) is 21.2. The van der Waals surface area contributed by atoms with Gasteiger partial charge in [0.2, 0.25) is 0 Å². The van der Waals surface area contributed by atoms with Gasteiger partial charge in [0.25, 0.3) is 27.4 Å². The maximum atomic E-state index is 12.9. The van der Waals surface area contributed by atoms with Gasteiger partial charge in [-0.1, -0.05) is 36.4 Å². The van der Waals surface area contributed by atoms with Gasteiger partial charge < -0.3 is 0 Å². The lowest BCUT2D eigenvalue weighted by molar-refractivity contribution is 0.0843. The van der Waals surface area contributed by atoms with Crippen LogP contribution in [-0.2, 0) is 10.0 Å². The zero-order chi connectivity index (χ0) is 26.7. The zero-order valence-electron chi connectivity index (χ0n) is 20.4. The molecule has 1 aromatic heterocycles. The summed E-state index contributed by atoms with van der Waals surface area (Å²) in [5.41, 5.74) is 4.91. The van der Waals surface area contributed by atoms with Crippen molar-refractivity contribution in [3.63, 3.8) is 0 Å². The molecule has 0 fully saturated rings. The molecule has 10 nitrogen and oxygen atoms in total. The fourth-order valence-corrected chi connectivity index (χ4v) is 4.88. The second kappa shape index (κ2) is 10.2. The summed E-state index contributed by atoms with van der Waals surface area (Å²) in [6.45, 7) is 3.54. The summed E-state index contributed by atoms with van der Waals surface area (Å²) in [6, 6.07) is 20.2. The highest BCUT2D eigenvalue weighted by Gasteiger charge is 2.22. The van der Waals surface area contributed by atoms with Crippen molar-refractivity contribution in [1.82, 2.24) is 20.6 Å². The summed E-state index contributed by atoms with van der Waals surface area (Å²) in [5, 5.41) is 4.89. The van der Waals surface area contributed by atoms with E-state index >= 15 is 0 Å². The number of carbonyl (C=O) groups is 2. The van der Waals surface area contributed by atoms with Gasteiger partial charge >= 0.3 is 0 Å². The molecule has 0 spiro atoms. The number of hydrogen-bond acceptors (Lipinski definition) is 6. The van der Waals surface area contributed by atoms with Crippen LogP contribution >= 0.6 is 0 Å². The number of benzene rings is 3. The van der Waals surface area contributed by atoms with E-state index in [-0.39, 0.29) is 27.8 Å². The van der Waals surface area contributed by atoms with Crippen molar-refractivity contribution in [1.29, 1.82) is 0 Å². The molecule has 190 valence electrons. The fourth-order valence-electron chi connectivity index (χ4n) is 3.68. The molecule has 4 aromatic rings. The van der Waals surface area contributed by atoms with Gasteiger partial charge in [-0.25, -0.2) is 13.1 Å². The number of aromatic nitrogens is 2. The van der Waals surface area contributed by atoms with E-state index in [4.69, 9.17) is 0 Å². The van der Waals surface area contributed by atoms with Gasteiger partial charge in [-0.05, 0) is 56.3 Å². The first-order valence-corrected chi connectivity index (χ1v) is 12.8. The van der Waals surface area contributed by atoms with Gasteiger partial charge in [-0.3, -0.25) is 29.5 Å². The maximum absolute atomic E-state index is 12.9. The number of hydrogen-bond donors (Lipinski definition) is 2. The maximum Gasteiger partial charge on any atom is 0.290 e. The van der Waals surface area contributed by atoms with Crippen molar-refractivity contribution in [2.45, 2.75) is 24.8 Å². The van der Waals surface area contributed by atoms with E-state index < -0.39 is 21.8 Å². The number of hydrazine groups is 1. The molecule has 11 heteroatoms. The molecule has 0 bridgehead atoms. The third-order valence-corrected chi connectivity index (χ3v) is 7.52. The molecule has 3 aromatic carbocycles. The van der Waals surface area contributed by atoms with Crippen LogP contribution < -0.4 is 20.7 Å². The summed E-state index contributed by atoms with van der Waals surface area (Å²) in [5.74, 6) is -1.36. The van der Waals surface area contributed by atoms with E-state index in [1.807, 2.05) is 0 Å². The van der Waals surface area contributed by atoms with Crippen molar-refractivity contribution in [3.05, 3.63) is 100 Å². The Balaban J connectivity index is 1.50. The van der Waals surface area contributed by atoms with Crippen LogP contribution in [0.5, 0.6) is 0 Å². The highest BCUT2D eigenvalue weighted by atomic mass is 32.2. The molecule has 0 saturated heterocycles. The van der Waals surface area contributed by atoms with E-state index in [0.717, 1.165) is 4.31 Å². The molecule has 2 amide bonds. The molecule has 0 aliphatic rings. The monoisotopic (exact) mass is 519 g/mol. The van der Waals surface area contributed by atoms with Crippen LogP contribution in [0.1, 0.15) is 40.7 Å². The van der Waals surface area contributed by atoms with Crippen LogP contribution in [0.15, 0.2) is 88.6 Å². The minimum Gasteiger partial charge on any atom is -0.269 e. The molecule has 0 saturated carbocycles. The van der Waals surface area contributed by atoms with Gasteiger partial charge in [0.05, 0.1) is 22.0 Å². The highest BCUT2D eigenvalue weighted by molar-refractivity contribution is 7.92. The third-order valence-electron chi connectivity index (χ3n) is 5.72. The number of carbonyl (C=O) groups excluding carboxylic acids is 2. The molecular formula is C26H25N5O5S. The average molecular weight is 520 g/mol. The standard InChI is InChI=1S/C26H25N5O5S/c1-17(2)31-26(34)22-12-8-7-11-21(22)23(29-31)25(33)28-27-24(32)18-13-15-20(16-14-18)37(35,36)30(3)19-9-5-4-6-10-19/h4-17H,1-3H3,(H,27,32)(H,28,33). The van der Waals surface area contributed by atoms with E-state index in [1.54, 1.807) is 68.4 Å². The molecule has 0 aliphatic heterocycles. The number of nitrogens with zero attached hydrogens (tertiary/aromatic N) is 3. The minimum absolute atomic E-state index is 0.00560. The fraction of sp³-hybridized carbons (Fsp3) is 0.154. The Labute approximate surface area is 213 Å². The Bertz CT molecular complexity index is 1630. The first-order chi connectivity index (χ1) is 17.6. The second-order valence-electron chi connectivity index (χ2n) is 8.48. The minimum atomic E-state index is -3.84. The van der Waals surface area contributed by atoms with Crippen LogP contribution in [0.4, 0.5) is 5.69 Å². The molecule has 0 unspecified atom stereocenters. The normalized spacial score (nSPS) is 11.4. The Kier molecular flexibility index (Phi) is 7.07. The van der Waals surface area contributed by atoms with Gasteiger partial charge in [0.1, 0.15) is 0 Å². The molecule has 0 radical (unpaired) electrons. The number of nitrogens with one attached hydrogen (secondary N) is 2. The SMILES string of the molecule is CC(C)n1nc(C(=O)NNC(=O)c2ccc(S(=O)(=O)N(C)c3ccccc3)cc2)c2ccccc2c1=O. The first kappa shape index (κ1) is 25.6. The Morgan fingerprint density at radius 1 is 0.838 bits per heavy atom. The van der Waals surface area contributed by atoms with Crippen LogP contribution in [-0.4, -0.2) is 37.1 Å². The lowest BCUT2D eigenvalue weighted by Crippen LogP contribution is -2.43. The number of para-hydroxylation sites is 1. The van der Waals surface area contributed by atoms with Crippen molar-refractivity contribution in [3.8, 4) is 0 Å². The number of amides is 2. The van der Waals surface area contributed by atoms with Crippen molar-refractivity contribution in [2.24, 2.45) is 0 Å². The topological polar surface area (TPSA) is 130 Å². The van der Waals surface area contributed by atoms with Crippen LogP contribution in [0.2, 0.25) is 0 Å². The number of sulfonamides is 1. The Morgan fingerprint density at radius 2 is 1.41 bits per heavy atom. The Morgan fingerprint density at radius 3 is 2.03 bits per heavy atom. The van der Waals surface area contributed by atoms with E-state index in [0.29, 0.717) is 16.5 Å². The van der Waals surface area contributed by atoms with E-state index in [2.05, 4.69) is 16.0 Å². The third kappa shape index (κ3) is 5.07. The molecular weight excluding hydrogens is 494 g/mol. The lowest BCUT2D eigenvalue weighted by atomic mass is 10.1. The van der Waals surface area contributed by atoms with E-state index in [9.17, 15) is 22.8 Å². The molecule has 0 aliphatic carbocycles. The van der Waals surface area contributed by atoms with Crippen molar-refractivity contribution >= 4 is 38.3 Å². The summed E-state index contributed by atoms with van der Waals surface area (Å²) in [6.07, 6.45) is 0. The quantitative estimate of drug-likeness (QED) is 0.377.